The Hall–Kier alpha value is -1.46. The molecule has 1 aromatic carbocycles. The number of ether oxygens (including phenoxy) is 1. The Morgan fingerprint density at radius 1 is 1.35 bits per heavy atom. The van der Waals surface area contributed by atoms with Crippen molar-refractivity contribution in [2.24, 2.45) is 0 Å². The SMILES string of the molecule is CC(C[NH+]1CC[NH+](C)CC1)OC(=O)c1cccc(F)c1. The van der Waals surface area contributed by atoms with Gasteiger partial charge >= 0.3 is 5.97 Å². The van der Waals surface area contributed by atoms with E-state index in [1.54, 1.807) is 11.0 Å². The second-order valence-corrected chi connectivity index (χ2v) is 5.64. The lowest BCUT2D eigenvalue weighted by atomic mass is 10.2. The van der Waals surface area contributed by atoms with Crippen LogP contribution in [-0.2, 0) is 4.74 Å². The Kier molecular flexibility index (Phi) is 5.09. The molecule has 0 bridgehead atoms. The Bertz CT molecular complexity index is 459. The lowest BCUT2D eigenvalue weighted by Gasteiger charge is -2.28. The molecule has 0 radical (unpaired) electrons. The van der Waals surface area contributed by atoms with E-state index >= 15 is 0 Å². The number of likely N-dealkylation sites (N-methyl/N-ethyl adjacent to an activating group) is 1. The summed E-state index contributed by atoms with van der Waals surface area (Å²) in [7, 11) is 2.20. The molecule has 0 amide bonds. The maximum absolute atomic E-state index is 13.1. The first kappa shape index (κ1) is 14.9. The molecule has 1 atom stereocenters. The maximum Gasteiger partial charge on any atom is 0.338 e. The first-order valence-electron chi connectivity index (χ1n) is 7.16. The van der Waals surface area contributed by atoms with Gasteiger partial charge in [-0.05, 0) is 25.1 Å². The molecule has 1 aliphatic rings. The Morgan fingerprint density at radius 3 is 2.70 bits per heavy atom. The topological polar surface area (TPSA) is 35.2 Å². The molecule has 2 N–H and O–H groups in total. The molecule has 0 spiro atoms. The lowest BCUT2D eigenvalue weighted by molar-refractivity contribution is -1.00. The monoisotopic (exact) mass is 282 g/mol. The molecule has 1 fully saturated rings. The van der Waals surface area contributed by atoms with Crippen LogP contribution in [0, 0.1) is 5.82 Å². The molecule has 1 aromatic rings. The van der Waals surface area contributed by atoms with Crippen molar-refractivity contribution in [1.82, 2.24) is 0 Å². The fourth-order valence-electron chi connectivity index (χ4n) is 2.55. The third kappa shape index (κ3) is 4.28. The number of piperazine rings is 1. The Morgan fingerprint density at radius 2 is 2.05 bits per heavy atom. The first-order chi connectivity index (χ1) is 9.54. The molecule has 0 aromatic heterocycles. The molecule has 1 aliphatic heterocycles. The zero-order chi connectivity index (χ0) is 14.5. The zero-order valence-corrected chi connectivity index (χ0v) is 12.1. The summed E-state index contributed by atoms with van der Waals surface area (Å²) in [5.74, 6) is -0.865. The first-order valence-corrected chi connectivity index (χ1v) is 7.16. The Labute approximate surface area is 119 Å². The van der Waals surface area contributed by atoms with Gasteiger partial charge < -0.3 is 14.5 Å². The minimum absolute atomic E-state index is 0.154. The van der Waals surface area contributed by atoms with Gasteiger partial charge in [-0.1, -0.05) is 6.07 Å². The van der Waals surface area contributed by atoms with Crippen molar-refractivity contribution < 1.29 is 23.7 Å². The van der Waals surface area contributed by atoms with Gasteiger partial charge in [-0.3, -0.25) is 0 Å². The molecule has 5 heteroatoms. The lowest BCUT2D eigenvalue weighted by Crippen LogP contribution is -3.27. The average molecular weight is 282 g/mol. The van der Waals surface area contributed by atoms with Crippen LogP contribution in [0.3, 0.4) is 0 Å². The van der Waals surface area contributed by atoms with Crippen LogP contribution in [0.25, 0.3) is 0 Å². The molecule has 2 rings (SSSR count). The van der Waals surface area contributed by atoms with E-state index in [4.69, 9.17) is 4.74 Å². The van der Waals surface area contributed by atoms with Crippen LogP contribution in [-0.4, -0.2) is 51.8 Å². The summed E-state index contributed by atoms with van der Waals surface area (Å²) in [6.07, 6.45) is -0.154. The van der Waals surface area contributed by atoms with Gasteiger partial charge in [0.2, 0.25) is 0 Å². The number of carbonyl (C=O) groups is 1. The molecule has 4 nitrogen and oxygen atoms in total. The number of halogens is 1. The van der Waals surface area contributed by atoms with Crippen molar-refractivity contribution in [3.8, 4) is 0 Å². The highest BCUT2D eigenvalue weighted by molar-refractivity contribution is 5.89. The predicted molar refractivity (Wildman–Crippen MR) is 73.5 cm³/mol. The van der Waals surface area contributed by atoms with E-state index in [0.29, 0.717) is 0 Å². The number of carbonyl (C=O) groups excluding carboxylic acids is 1. The van der Waals surface area contributed by atoms with Crippen molar-refractivity contribution in [3.63, 3.8) is 0 Å². The molecule has 1 saturated heterocycles. The van der Waals surface area contributed by atoms with Crippen LogP contribution >= 0.6 is 0 Å². The van der Waals surface area contributed by atoms with E-state index < -0.39 is 11.8 Å². The maximum atomic E-state index is 13.1. The number of hydrogen-bond donors (Lipinski definition) is 2. The van der Waals surface area contributed by atoms with E-state index in [1.807, 2.05) is 6.92 Å². The van der Waals surface area contributed by atoms with Crippen LogP contribution < -0.4 is 9.80 Å². The second-order valence-electron chi connectivity index (χ2n) is 5.64. The number of hydrogen-bond acceptors (Lipinski definition) is 2. The molecule has 20 heavy (non-hydrogen) atoms. The number of quaternary nitrogens is 2. The van der Waals surface area contributed by atoms with Gasteiger partial charge in [-0.25, -0.2) is 9.18 Å². The second kappa shape index (κ2) is 6.81. The van der Waals surface area contributed by atoms with Gasteiger partial charge in [0.1, 0.15) is 44.6 Å². The normalized spacial score (nSPS) is 24.1. The molecular formula is C15H23FN2O2+2. The zero-order valence-electron chi connectivity index (χ0n) is 12.1. The predicted octanol–water partition coefficient (Wildman–Crippen LogP) is -1.22. The van der Waals surface area contributed by atoms with Crippen molar-refractivity contribution in [3.05, 3.63) is 35.6 Å². The standard InChI is InChI=1S/C15H21FN2O2/c1-12(11-18-8-6-17(2)7-9-18)20-15(19)13-4-3-5-14(16)10-13/h3-5,10,12H,6-9,11H2,1-2H3/p+2. The fourth-order valence-corrected chi connectivity index (χ4v) is 2.55. The number of esters is 1. The molecule has 1 unspecified atom stereocenters. The summed E-state index contributed by atoms with van der Waals surface area (Å²) < 4.78 is 18.4. The van der Waals surface area contributed by atoms with Crippen molar-refractivity contribution in [1.29, 1.82) is 0 Å². The van der Waals surface area contributed by atoms with E-state index in [-0.39, 0.29) is 11.7 Å². The van der Waals surface area contributed by atoms with Crippen molar-refractivity contribution in [2.45, 2.75) is 13.0 Å². The Balaban J connectivity index is 1.82. The highest BCUT2D eigenvalue weighted by Crippen LogP contribution is 2.06. The fraction of sp³-hybridized carbons (Fsp3) is 0.533. The minimum atomic E-state index is -0.448. The van der Waals surface area contributed by atoms with Gasteiger partial charge in [0.15, 0.2) is 0 Å². The summed E-state index contributed by atoms with van der Waals surface area (Å²) in [6.45, 7) is 7.23. The van der Waals surface area contributed by atoms with Crippen LogP contribution in [0.1, 0.15) is 17.3 Å². The van der Waals surface area contributed by atoms with E-state index in [1.165, 1.54) is 23.1 Å². The highest BCUT2D eigenvalue weighted by atomic mass is 19.1. The molecular weight excluding hydrogens is 259 g/mol. The van der Waals surface area contributed by atoms with Crippen LogP contribution in [0.15, 0.2) is 24.3 Å². The summed E-state index contributed by atoms with van der Waals surface area (Å²) in [5.41, 5.74) is 0.273. The largest absolute Gasteiger partial charge is 0.453 e. The van der Waals surface area contributed by atoms with Gasteiger partial charge in [0.25, 0.3) is 0 Å². The smallest absolute Gasteiger partial charge is 0.338 e. The van der Waals surface area contributed by atoms with E-state index in [2.05, 4.69) is 7.05 Å². The summed E-state index contributed by atoms with van der Waals surface area (Å²) >= 11 is 0. The van der Waals surface area contributed by atoms with Crippen LogP contribution in [0.2, 0.25) is 0 Å². The third-order valence-electron chi connectivity index (χ3n) is 3.76. The molecule has 110 valence electrons. The van der Waals surface area contributed by atoms with E-state index in [9.17, 15) is 9.18 Å². The molecule has 0 aliphatic carbocycles. The van der Waals surface area contributed by atoms with Crippen molar-refractivity contribution in [2.75, 3.05) is 39.8 Å². The molecule has 0 saturated carbocycles. The average Bonchev–Trinajstić information content (AvgIpc) is 2.41. The van der Waals surface area contributed by atoms with Gasteiger partial charge in [0, 0.05) is 0 Å². The molecule has 1 heterocycles. The summed E-state index contributed by atoms with van der Waals surface area (Å²) in [6, 6.07) is 5.62. The van der Waals surface area contributed by atoms with Crippen LogP contribution in [0.4, 0.5) is 4.39 Å². The quantitative estimate of drug-likeness (QED) is 0.680. The van der Waals surface area contributed by atoms with Gasteiger partial charge in [-0.15, -0.1) is 0 Å². The van der Waals surface area contributed by atoms with E-state index in [0.717, 1.165) is 32.7 Å². The summed E-state index contributed by atoms with van der Waals surface area (Å²) in [4.78, 5) is 14.9. The highest BCUT2D eigenvalue weighted by Gasteiger charge is 2.23. The minimum Gasteiger partial charge on any atom is -0.453 e. The number of nitrogens with one attached hydrogen (secondary N) is 2. The number of benzene rings is 1. The third-order valence-corrected chi connectivity index (χ3v) is 3.76. The van der Waals surface area contributed by atoms with Gasteiger partial charge in [-0.2, -0.15) is 0 Å². The van der Waals surface area contributed by atoms with Crippen molar-refractivity contribution >= 4 is 5.97 Å². The number of rotatable bonds is 4. The van der Waals surface area contributed by atoms with Gasteiger partial charge in [0.05, 0.1) is 12.6 Å². The summed E-state index contributed by atoms with van der Waals surface area (Å²) in [5, 5.41) is 0. The van der Waals surface area contributed by atoms with Crippen LogP contribution in [0.5, 0.6) is 0 Å².